The first kappa shape index (κ1) is 24.7. The van der Waals surface area contributed by atoms with E-state index in [0.29, 0.717) is 0 Å². The highest BCUT2D eigenvalue weighted by Crippen LogP contribution is 2.44. The minimum atomic E-state index is -1.34. The first-order valence-electron chi connectivity index (χ1n) is 11.7. The normalized spacial score (nSPS) is 17.1. The zero-order valence-corrected chi connectivity index (χ0v) is 19.6. The molecule has 1 atom stereocenters. The van der Waals surface area contributed by atoms with Gasteiger partial charge in [-0.3, -0.25) is 4.79 Å². The van der Waals surface area contributed by atoms with Crippen LogP contribution in [0.1, 0.15) is 36.3 Å². The van der Waals surface area contributed by atoms with Gasteiger partial charge in [-0.15, -0.1) is 0 Å². The molecule has 0 bridgehead atoms. The lowest BCUT2D eigenvalue weighted by atomic mass is 9.90. The van der Waals surface area contributed by atoms with Gasteiger partial charge in [0.2, 0.25) is 5.91 Å². The zero-order chi connectivity index (χ0) is 24.8. The second kappa shape index (κ2) is 10.9. The summed E-state index contributed by atoms with van der Waals surface area (Å²) in [6.45, 7) is 0.762. The van der Waals surface area contributed by atoms with E-state index < -0.39 is 29.6 Å². The molecule has 2 aromatic carbocycles. The number of alkyl carbamates (subject to hydrolysis) is 1. The highest BCUT2D eigenvalue weighted by molar-refractivity contribution is 5.87. The molecule has 1 aliphatic heterocycles. The summed E-state index contributed by atoms with van der Waals surface area (Å²) >= 11 is 0. The Morgan fingerprint density at radius 2 is 1.66 bits per heavy atom. The zero-order valence-electron chi connectivity index (χ0n) is 19.6. The number of amides is 2. The van der Waals surface area contributed by atoms with Crippen molar-refractivity contribution in [3.05, 3.63) is 59.7 Å². The van der Waals surface area contributed by atoms with E-state index in [-0.39, 0.29) is 51.5 Å². The number of hydrogen-bond donors (Lipinski definition) is 3. The van der Waals surface area contributed by atoms with E-state index in [0.717, 1.165) is 22.3 Å². The molecule has 2 aliphatic rings. The number of carboxylic acids is 1. The number of ether oxygens (including phenoxy) is 3. The summed E-state index contributed by atoms with van der Waals surface area (Å²) in [5.74, 6) is -1.60. The Hall–Kier alpha value is -3.43. The predicted molar refractivity (Wildman–Crippen MR) is 127 cm³/mol. The van der Waals surface area contributed by atoms with Crippen molar-refractivity contribution in [1.29, 1.82) is 0 Å². The molecule has 0 radical (unpaired) electrons. The average molecular weight is 483 g/mol. The predicted octanol–water partition coefficient (Wildman–Crippen LogP) is 2.68. The van der Waals surface area contributed by atoms with E-state index in [2.05, 4.69) is 22.8 Å². The maximum absolute atomic E-state index is 12.5. The lowest BCUT2D eigenvalue weighted by molar-refractivity contribution is -0.152. The van der Waals surface area contributed by atoms with Gasteiger partial charge in [-0.2, -0.15) is 0 Å². The third kappa shape index (κ3) is 5.47. The lowest BCUT2D eigenvalue weighted by Gasteiger charge is -2.34. The molecule has 1 unspecified atom stereocenters. The summed E-state index contributed by atoms with van der Waals surface area (Å²) < 4.78 is 16.1. The van der Waals surface area contributed by atoms with E-state index >= 15 is 0 Å². The van der Waals surface area contributed by atoms with Gasteiger partial charge in [0.1, 0.15) is 12.1 Å². The SMILES string of the molecule is COC(CNC(=O)OCC1c2ccccc2-c2ccccc21)CC(=O)NC1(C(=O)O)CCOCC1. The van der Waals surface area contributed by atoms with Crippen molar-refractivity contribution in [3.63, 3.8) is 0 Å². The average Bonchev–Trinajstić information content (AvgIpc) is 3.19. The highest BCUT2D eigenvalue weighted by Gasteiger charge is 2.41. The molecular formula is C26H30N2O7. The van der Waals surface area contributed by atoms with Crippen molar-refractivity contribution in [2.24, 2.45) is 0 Å². The van der Waals surface area contributed by atoms with Crippen molar-refractivity contribution in [3.8, 4) is 11.1 Å². The largest absolute Gasteiger partial charge is 0.480 e. The molecule has 2 aromatic rings. The summed E-state index contributed by atoms with van der Waals surface area (Å²) in [7, 11) is 1.43. The van der Waals surface area contributed by atoms with Gasteiger partial charge >= 0.3 is 12.1 Å². The number of carboxylic acid groups (broad SMARTS) is 1. The molecule has 1 heterocycles. The van der Waals surface area contributed by atoms with Crippen LogP contribution in [0.5, 0.6) is 0 Å². The second-order valence-electron chi connectivity index (χ2n) is 8.82. The molecule has 9 heteroatoms. The maximum Gasteiger partial charge on any atom is 0.407 e. The van der Waals surface area contributed by atoms with Crippen molar-refractivity contribution in [1.82, 2.24) is 10.6 Å². The Bertz CT molecular complexity index is 1040. The molecule has 2 amide bonds. The van der Waals surface area contributed by atoms with Crippen LogP contribution in [0.25, 0.3) is 11.1 Å². The topological polar surface area (TPSA) is 123 Å². The Balaban J connectivity index is 1.28. The van der Waals surface area contributed by atoms with E-state index in [9.17, 15) is 19.5 Å². The lowest BCUT2D eigenvalue weighted by Crippen LogP contribution is -2.58. The summed E-state index contributed by atoms with van der Waals surface area (Å²) in [5.41, 5.74) is 3.19. The molecule has 1 saturated heterocycles. The number of aliphatic carboxylic acids is 1. The summed E-state index contributed by atoms with van der Waals surface area (Å²) in [5, 5.41) is 14.9. The van der Waals surface area contributed by atoms with Crippen LogP contribution in [0, 0.1) is 0 Å². The molecular weight excluding hydrogens is 452 g/mol. The number of carbonyl (C=O) groups is 3. The number of methoxy groups -OCH3 is 1. The van der Waals surface area contributed by atoms with Gasteiger partial charge in [0.25, 0.3) is 0 Å². The Morgan fingerprint density at radius 1 is 1.06 bits per heavy atom. The minimum Gasteiger partial charge on any atom is -0.480 e. The van der Waals surface area contributed by atoms with Gasteiger partial charge in [0.15, 0.2) is 0 Å². The van der Waals surface area contributed by atoms with Gasteiger partial charge in [-0.25, -0.2) is 9.59 Å². The van der Waals surface area contributed by atoms with E-state index in [1.807, 2.05) is 36.4 Å². The number of hydrogen-bond acceptors (Lipinski definition) is 6. The number of benzene rings is 2. The van der Waals surface area contributed by atoms with E-state index in [4.69, 9.17) is 14.2 Å². The standard InChI is InChI=1S/C26H30N2O7/c1-33-17(14-23(29)28-26(24(30)31)10-12-34-13-11-26)15-27-25(32)35-16-22-20-8-4-2-6-18(20)19-7-3-5-9-21(19)22/h2-9,17,22H,10-16H2,1H3,(H,27,32)(H,28,29)(H,30,31). The van der Waals surface area contributed by atoms with Gasteiger partial charge in [-0.1, -0.05) is 48.5 Å². The van der Waals surface area contributed by atoms with Crippen LogP contribution >= 0.6 is 0 Å². The smallest absolute Gasteiger partial charge is 0.407 e. The summed E-state index contributed by atoms with van der Waals surface area (Å²) in [6, 6.07) is 16.2. The van der Waals surface area contributed by atoms with Gasteiger partial charge in [-0.05, 0) is 22.3 Å². The first-order valence-corrected chi connectivity index (χ1v) is 11.7. The van der Waals surface area contributed by atoms with Crippen molar-refractivity contribution in [2.45, 2.75) is 36.8 Å². The number of carbonyl (C=O) groups excluding carboxylic acids is 2. The van der Waals surface area contributed by atoms with Crippen LogP contribution in [0.15, 0.2) is 48.5 Å². The monoisotopic (exact) mass is 482 g/mol. The molecule has 0 saturated carbocycles. The minimum absolute atomic E-state index is 0.0454. The Morgan fingerprint density at radius 3 is 2.23 bits per heavy atom. The molecule has 9 nitrogen and oxygen atoms in total. The van der Waals surface area contributed by atoms with Crippen LogP contribution in [0.4, 0.5) is 4.79 Å². The first-order chi connectivity index (χ1) is 16.9. The maximum atomic E-state index is 12.5. The van der Waals surface area contributed by atoms with E-state index in [1.54, 1.807) is 0 Å². The van der Waals surface area contributed by atoms with Gasteiger partial charge in [0.05, 0.1) is 12.5 Å². The third-order valence-corrected chi connectivity index (χ3v) is 6.70. The van der Waals surface area contributed by atoms with E-state index in [1.165, 1.54) is 7.11 Å². The molecule has 1 aliphatic carbocycles. The van der Waals surface area contributed by atoms with Crippen molar-refractivity contribution < 1.29 is 33.7 Å². The van der Waals surface area contributed by atoms with Gasteiger partial charge in [0, 0.05) is 45.6 Å². The number of rotatable bonds is 9. The van der Waals surface area contributed by atoms with Crippen LogP contribution < -0.4 is 10.6 Å². The van der Waals surface area contributed by atoms with Crippen LogP contribution in [-0.4, -0.2) is 68.2 Å². The summed E-state index contributed by atoms with van der Waals surface area (Å²) in [6.07, 6.45) is -0.953. The number of nitrogens with one attached hydrogen (secondary N) is 2. The molecule has 4 rings (SSSR count). The molecule has 0 spiro atoms. The van der Waals surface area contributed by atoms with Crippen LogP contribution in [-0.2, 0) is 23.8 Å². The molecule has 0 aromatic heterocycles. The highest BCUT2D eigenvalue weighted by atomic mass is 16.5. The number of fused-ring (bicyclic) bond motifs is 3. The molecule has 3 N–H and O–H groups in total. The second-order valence-corrected chi connectivity index (χ2v) is 8.82. The Labute approximate surface area is 203 Å². The van der Waals surface area contributed by atoms with Crippen LogP contribution in [0.3, 0.4) is 0 Å². The van der Waals surface area contributed by atoms with Gasteiger partial charge < -0.3 is 30.0 Å². The molecule has 35 heavy (non-hydrogen) atoms. The third-order valence-electron chi connectivity index (χ3n) is 6.70. The Kier molecular flexibility index (Phi) is 7.67. The van der Waals surface area contributed by atoms with Crippen LogP contribution in [0.2, 0.25) is 0 Å². The fourth-order valence-corrected chi connectivity index (χ4v) is 4.72. The fourth-order valence-electron chi connectivity index (χ4n) is 4.72. The fraction of sp³-hybridized carbons (Fsp3) is 0.423. The van der Waals surface area contributed by atoms with Crippen molar-refractivity contribution >= 4 is 18.0 Å². The van der Waals surface area contributed by atoms with Crippen molar-refractivity contribution in [2.75, 3.05) is 33.5 Å². The molecule has 1 fully saturated rings. The summed E-state index contributed by atoms with van der Waals surface area (Å²) in [4.78, 5) is 36.7. The quantitative estimate of drug-likeness (QED) is 0.502. The molecule has 186 valence electrons.